The third kappa shape index (κ3) is 5.33. The van der Waals surface area contributed by atoms with Gasteiger partial charge in [-0.15, -0.1) is 10.2 Å². The molecular formula is C21H22N4O2S2. The number of nitrogens with zero attached hydrogens (tertiary/aromatic N) is 2. The molecule has 1 aromatic heterocycles. The predicted molar refractivity (Wildman–Crippen MR) is 118 cm³/mol. The zero-order valence-electron chi connectivity index (χ0n) is 15.9. The smallest absolute Gasteiger partial charge is 0.257 e. The highest BCUT2D eigenvalue weighted by molar-refractivity contribution is 8.01. The molecule has 29 heavy (non-hydrogen) atoms. The van der Waals surface area contributed by atoms with Gasteiger partial charge in [-0.25, -0.2) is 0 Å². The maximum Gasteiger partial charge on any atom is 0.257 e. The van der Waals surface area contributed by atoms with E-state index in [1.54, 1.807) is 6.07 Å². The number of hydrogen-bond acceptors (Lipinski definition) is 6. The van der Waals surface area contributed by atoms with Gasteiger partial charge >= 0.3 is 0 Å². The van der Waals surface area contributed by atoms with Crippen LogP contribution in [0.15, 0.2) is 46.8 Å². The van der Waals surface area contributed by atoms with Gasteiger partial charge in [-0.3, -0.25) is 14.9 Å². The zero-order chi connectivity index (χ0) is 20.1. The fraction of sp³-hybridized carbons (Fsp3) is 0.333. The van der Waals surface area contributed by atoms with Crippen molar-refractivity contribution in [1.82, 2.24) is 15.5 Å². The van der Waals surface area contributed by atoms with Crippen LogP contribution >= 0.6 is 23.1 Å². The SMILES string of the molecule is O=C(CSc1nnc(NC(=O)c2ccc3ccccc3c2)s1)NC1CCCCC1. The fourth-order valence-corrected chi connectivity index (χ4v) is 5.02. The molecular weight excluding hydrogens is 404 g/mol. The number of thioether (sulfide) groups is 1. The average Bonchev–Trinajstić information content (AvgIpc) is 3.20. The second-order valence-corrected chi connectivity index (χ2v) is 9.28. The summed E-state index contributed by atoms with van der Waals surface area (Å²) in [7, 11) is 0. The van der Waals surface area contributed by atoms with Crippen molar-refractivity contribution in [2.24, 2.45) is 0 Å². The third-order valence-corrected chi connectivity index (χ3v) is 6.91. The molecule has 0 atom stereocenters. The Bertz CT molecular complexity index is 1010. The van der Waals surface area contributed by atoms with Gasteiger partial charge in [0.05, 0.1) is 5.75 Å². The highest BCUT2D eigenvalue weighted by Gasteiger charge is 2.17. The minimum atomic E-state index is -0.224. The van der Waals surface area contributed by atoms with Gasteiger partial charge in [0.1, 0.15) is 0 Å². The molecule has 8 heteroatoms. The maximum atomic E-state index is 12.5. The molecule has 0 aliphatic heterocycles. The lowest BCUT2D eigenvalue weighted by atomic mass is 9.95. The number of rotatable bonds is 6. The van der Waals surface area contributed by atoms with Gasteiger partial charge in [-0.1, -0.05) is 72.7 Å². The molecule has 150 valence electrons. The Morgan fingerprint density at radius 2 is 1.83 bits per heavy atom. The Morgan fingerprint density at radius 3 is 2.66 bits per heavy atom. The number of carbonyl (C=O) groups is 2. The second kappa shape index (κ2) is 9.37. The molecule has 0 unspecified atom stereocenters. The van der Waals surface area contributed by atoms with Gasteiger partial charge in [0.25, 0.3) is 5.91 Å². The van der Waals surface area contributed by atoms with Crippen LogP contribution in [-0.4, -0.2) is 33.8 Å². The standard InChI is InChI=1S/C21H22N4O2S2/c26-18(22-17-8-2-1-3-9-17)13-28-21-25-24-20(29-21)23-19(27)16-11-10-14-6-4-5-7-15(14)12-16/h4-7,10-12,17H,1-3,8-9,13H2,(H,22,26)(H,23,24,27). The van der Waals surface area contributed by atoms with E-state index in [-0.39, 0.29) is 11.8 Å². The van der Waals surface area contributed by atoms with Gasteiger partial charge in [-0.05, 0) is 35.7 Å². The number of aromatic nitrogens is 2. The number of anilines is 1. The van der Waals surface area contributed by atoms with Crippen LogP contribution < -0.4 is 10.6 Å². The van der Waals surface area contributed by atoms with E-state index in [1.165, 1.54) is 42.4 Å². The molecule has 0 bridgehead atoms. The second-order valence-electron chi connectivity index (χ2n) is 7.08. The van der Waals surface area contributed by atoms with E-state index < -0.39 is 0 Å². The van der Waals surface area contributed by atoms with E-state index in [2.05, 4.69) is 20.8 Å². The van der Waals surface area contributed by atoms with Crippen LogP contribution in [0.1, 0.15) is 42.5 Å². The molecule has 0 spiro atoms. The van der Waals surface area contributed by atoms with Crippen LogP contribution in [0.4, 0.5) is 5.13 Å². The average molecular weight is 427 g/mol. The third-order valence-electron chi connectivity index (χ3n) is 4.94. The lowest BCUT2D eigenvalue weighted by Gasteiger charge is -2.22. The Morgan fingerprint density at radius 1 is 1.03 bits per heavy atom. The molecule has 1 aliphatic carbocycles. The van der Waals surface area contributed by atoms with Crippen molar-refractivity contribution in [2.45, 2.75) is 42.5 Å². The Labute approximate surface area is 177 Å². The summed E-state index contributed by atoms with van der Waals surface area (Å²) in [5.74, 6) is 0.112. The van der Waals surface area contributed by atoms with E-state index in [9.17, 15) is 9.59 Å². The van der Waals surface area contributed by atoms with Crippen molar-refractivity contribution in [2.75, 3.05) is 11.1 Å². The minimum absolute atomic E-state index is 0.0267. The number of nitrogens with one attached hydrogen (secondary N) is 2. The van der Waals surface area contributed by atoms with E-state index in [0.29, 0.717) is 26.8 Å². The first-order valence-corrected chi connectivity index (χ1v) is 11.5. The molecule has 1 heterocycles. The molecule has 1 aliphatic rings. The Hall–Kier alpha value is -2.45. The van der Waals surface area contributed by atoms with Gasteiger partial charge < -0.3 is 5.32 Å². The molecule has 6 nitrogen and oxygen atoms in total. The molecule has 1 fully saturated rings. The van der Waals surface area contributed by atoms with Crippen molar-refractivity contribution < 1.29 is 9.59 Å². The normalized spacial score (nSPS) is 14.6. The summed E-state index contributed by atoms with van der Waals surface area (Å²) in [5.41, 5.74) is 0.569. The molecule has 2 aromatic carbocycles. The van der Waals surface area contributed by atoms with Gasteiger partial charge in [0.15, 0.2) is 4.34 Å². The van der Waals surface area contributed by atoms with Crippen LogP contribution in [0.2, 0.25) is 0 Å². The number of amides is 2. The molecule has 0 radical (unpaired) electrons. The molecule has 2 amide bonds. The monoisotopic (exact) mass is 426 g/mol. The van der Waals surface area contributed by atoms with Crippen LogP contribution in [-0.2, 0) is 4.79 Å². The minimum Gasteiger partial charge on any atom is -0.353 e. The van der Waals surface area contributed by atoms with Crippen molar-refractivity contribution >= 4 is 50.8 Å². The molecule has 0 saturated heterocycles. The highest BCUT2D eigenvalue weighted by atomic mass is 32.2. The Balaban J connectivity index is 1.30. The first-order valence-electron chi connectivity index (χ1n) is 9.73. The topological polar surface area (TPSA) is 84.0 Å². The van der Waals surface area contributed by atoms with E-state index >= 15 is 0 Å². The van der Waals surface area contributed by atoms with E-state index in [4.69, 9.17) is 0 Å². The molecule has 3 aromatic rings. The van der Waals surface area contributed by atoms with Gasteiger partial charge in [0, 0.05) is 11.6 Å². The summed E-state index contributed by atoms with van der Waals surface area (Å²) >= 11 is 2.62. The number of fused-ring (bicyclic) bond motifs is 1. The molecule has 1 saturated carbocycles. The summed E-state index contributed by atoms with van der Waals surface area (Å²) in [6.07, 6.45) is 5.78. The fourth-order valence-electron chi connectivity index (χ4n) is 3.46. The van der Waals surface area contributed by atoms with Gasteiger partial charge in [0.2, 0.25) is 11.0 Å². The van der Waals surface area contributed by atoms with Crippen molar-refractivity contribution in [3.8, 4) is 0 Å². The summed E-state index contributed by atoms with van der Waals surface area (Å²) in [6.45, 7) is 0. The number of hydrogen-bond donors (Lipinski definition) is 2. The van der Waals surface area contributed by atoms with Crippen molar-refractivity contribution in [3.05, 3.63) is 48.0 Å². The largest absolute Gasteiger partial charge is 0.353 e. The molecule has 2 N–H and O–H groups in total. The lowest BCUT2D eigenvalue weighted by molar-refractivity contribution is -0.119. The lowest BCUT2D eigenvalue weighted by Crippen LogP contribution is -2.37. The van der Waals surface area contributed by atoms with Gasteiger partial charge in [-0.2, -0.15) is 0 Å². The highest BCUT2D eigenvalue weighted by Crippen LogP contribution is 2.26. The van der Waals surface area contributed by atoms with Crippen LogP contribution in [0, 0.1) is 0 Å². The van der Waals surface area contributed by atoms with E-state index in [0.717, 1.165) is 23.6 Å². The van der Waals surface area contributed by atoms with Crippen molar-refractivity contribution in [3.63, 3.8) is 0 Å². The molecule has 4 rings (SSSR count). The quantitative estimate of drug-likeness (QED) is 0.448. The predicted octanol–water partition coefficient (Wildman–Crippen LogP) is 4.48. The van der Waals surface area contributed by atoms with E-state index in [1.807, 2.05) is 36.4 Å². The number of benzene rings is 2. The summed E-state index contributed by atoms with van der Waals surface area (Å²) in [6, 6.07) is 13.8. The Kier molecular flexibility index (Phi) is 6.41. The summed E-state index contributed by atoms with van der Waals surface area (Å²) < 4.78 is 0.664. The first kappa shape index (κ1) is 19.8. The van der Waals surface area contributed by atoms with Crippen LogP contribution in [0.25, 0.3) is 10.8 Å². The zero-order valence-corrected chi connectivity index (χ0v) is 17.5. The number of carbonyl (C=O) groups excluding carboxylic acids is 2. The van der Waals surface area contributed by atoms with Crippen LogP contribution in [0.3, 0.4) is 0 Å². The summed E-state index contributed by atoms with van der Waals surface area (Å²) in [4.78, 5) is 24.6. The van der Waals surface area contributed by atoms with Crippen molar-refractivity contribution in [1.29, 1.82) is 0 Å². The maximum absolute atomic E-state index is 12.5. The van der Waals surface area contributed by atoms with Crippen LogP contribution in [0.5, 0.6) is 0 Å². The summed E-state index contributed by atoms with van der Waals surface area (Å²) in [5, 5.41) is 16.5. The first-order chi connectivity index (χ1) is 14.2.